The lowest BCUT2D eigenvalue weighted by Crippen LogP contribution is -2.52. The van der Waals surface area contributed by atoms with Gasteiger partial charge in [0.1, 0.15) is 17.3 Å². The van der Waals surface area contributed by atoms with Crippen molar-refractivity contribution in [1.29, 1.82) is 0 Å². The Hall–Kier alpha value is -1.66. The van der Waals surface area contributed by atoms with Crippen molar-refractivity contribution in [1.82, 2.24) is 0 Å². The molecule has 0 amide bonds. The molecule has 0 radical (unpaired) electrons. The average Bonchev–Trinajstić information content (AvgIpc) is 2.91. The monoisotopic (exact) mass is 306 g/mol. The summed E-state index contributed by atoms with van der Waals surface area (Å²) in [7, 11) is 0. The number of rotatable bonds is 0. The van der Waals surface area contributed by atoms with Gasteiger partial charge in [-0.25, -0.2) is 4.79 Å². The zero-order valence-electron chi connectivity index (χ0n) is 12.5. The van der Waals surface area contributed by atoms with Gasteiger partial charge in [-0.2, -0.15) is 0 Å². The van der Waals surface area contributed by atoms with Crippen LogP contribution in [0.4, 0.5) is 0 Å². The van der Waals surface area contributed by atoms with Gasteiger partial charge in [0.05, 0.1) is 23.7 Å². The van der Waals surface area contributed by atoms with Gasteiger partial charge in [-0.1, -0.05) is 0 Å². The minimum Gasteiger partial charge on any atom is -0.461 e. The van der Waals surface area contributed by atoms with E-state index in [4.69, 9.17) is 13.9 Å². The van der Waals surface area contributed by atoms with E-state index in [1.807, 2.05) is 6.92 Å². The number of carbonyl (C=O) groups excluding carboxylic acids is 1. The van der Waals surface area contributed by atoms with E-state index in [-0.39, 0.29) is 23.9 Å². The maximum absolute atomic E-state index is 12.4. The van der Waals surface area contributed by atoms with E-state index in [1.165, 1.54) is 0 Å². The van der Waals surface area contributed by atoms with Crippen LogP contribution >= 0.6 is 0 Å². The number of ether oxygens (including phenoxy) is 2. The highest BCUT2D eigenvalue weighted by Gasteiger charge is 2.62. The van der Waals surface area contributed by atoms with Gasteiger partial charge in [0.25, 0.3) is 0 Å². The third-order valence-corrected chi connectivity index (χ3v) is 4.99. The quantitative estimate of drug-likeness (QED) is 0.777. The molecule has 6 heteroatoms. The number of hydrogen-bond acceptors (Lipinski definition) is 6. The molecular formula is C16H18O6. The molecule has 118 valence electrons. The third-order valence-electron chi connectivity index (χ3n) is 4.99. The lowest BCUT2D eigenvalue weighted by Gasteiger charge is -2.42. The molecule has 1 spiro atoms. The highest BCUT2D eigenvalue weighted by Crippen LogP contribution is 2.54. The van der Waals surface area contributed by atoms with Crippen molar-refractivity contribution in [2.45, 2.75) is 57.0 Å². The minimum atomic E-state index is -1.06. The fourth-order valence-electron chi connectivity index (χ4n) is 4.16. The number of carbonyl (C=O) groups is 1. The van der Waals surface area contributed by atoms with Gasteiger partial charge in [-0.05, 0) is 20.3 Å². The minimum absolute atomic E-state index is 0.0188. The lowest BCUT2D eigenvalue weighted by molar-refractivity contribution is -0.213. The van der Waals surface area contributed by atoms with Gasteiger partial charge in [0, 0.05) is 24.8 Å². The van der Waals surface area contributed by atoms with Crippen LogP contribution in [-0.2, 0) is 9.53 Å². The van der Waals surface area contributed by atoms with Crippen LogP contribution in [-0.4, -0.2) is 28.9 Å². The van der Waals surface area contributed by atoms with E-state index >= 15 is 0 Å². The Bertz CT molecular complexity index is 707. The standard InChI is InChI=1S/C16H18O6/c1-7-3-4-16(21-7)14-10(18)6-9(17)12(14)13-11(22-16)5-8(2)20-15(13)19/h5,7,9,12,14,17H,3-4,6H2,1-2H3/t7-,9+,12+,14+,16-/m1/s1. The first-order valence-electron chi connectivity index (χ1n) is 7.63. The van der Waals surface area contributed by atoms with Crippen molar-refractivity contribution in [2.75, 3.05) is 0 Å². The predicted octanol–water partition coefficient (Wildman–Crippen LogP) is 1.27. The first-order valence-corrected chi connectivity index (χ1v) is 7.63. The summed E-state index contributed by atoms with van der Waals surface area (Å²) >= 11 is 0. The Labute approximate surface area is 127 Å². The van der Waals surface area contributed by atoms with E-state index < -0.39 is 29.4 Å². The third kappa shape index (κ3) is 1.74. The second-order valence-corrected chi connectivity index (χ2v) is 6.54. The van der Waals surface area contributed by atoms with Crippen LogP contribution in [0.3, 0.4) is 0 Å². The molecule has 1 aromatic heterocycles. The topological polar surface area (TPSA) is 86.0 Å². The van der Waals surface area contributed by atoms with Crippen LogP contribution in [0.1, 0.15) is 43.4 Å². The van der Waals surface area contributed by atoms with E-state index in [2.05, 4.69) is 0 Å². The summed E-state index contributed by atoms with van der Waals surface area (Å²) in [6.45, 7) is 3.60. The Morgan fingerprint density at radius 3 is 2.82 bits per heavy atom. The Kier molecular flexibility index (Phi) is 2.81. The van der Waals surface area contributed by atoms with Crippen molar-refractivity contribution in [3.8, 4) is 5.75 Å². The SMILES string of the molecule is Cc1cc2c(c(=O)o1)[C@@H]1[C@@H](O)CC(=O)[C@@H]1[C@@]1(CC[C@@H](C)O1)O2. The number of aliphatic hydroxyl groups is 1. The molecular weight excluding hydrogens is 288 g/mol. The molecule has 1 N–H and O–H groups in total. The van der Waals surface area contributed by atoms with Gasteiger partial charge in [0.2, 0.25) is 5.79 Å². The van der Waals surface area contributed by atoms with Gasteiger partial charge >= 0.3 is 5.63 Å². The second kappa shape index (κ2) is 4.43. The summed E-state index contributed by atoms with van der Waals surface area (Å²) in [6, 6.07) is 1.64. The van der Waals surface area contributed by atoms with Gasteiger partial charge < -0.3 is 19.0 Å². The molecule has 4 rings (SSSR count). The van der Waals surface area contributed by atoms with Crippen LogP contribution in [0, 0.1) is 12.8 Å². The largest absolute Gasteiger partial charge is 0.461 e. The molecule has 5 atom stereocenters. The molecule has 0 aromatic carbocycles. The van der Waals surface area contributed by atoms with Gasteiger partial charge in [0.15, 0.2) is 0 Å². The molecule has 0 unspecified atom stereocenters. The van der Waals surface area contributed by atoms with Crippen molar-refractivity contribution in [3.05, 3.63) is 27.8 Å². The normalized spacial score (nSPS) is 39.7. The molecule has 22 heavy (non-hydrogen) atoms. The van der Waals surface area contributed by atoms with Crippen molar-refractivity contribution in [2.24, 2.45) is 5.92 Å². The fraction of sp³-hybridized carbons (Fsp3) is 0.625. The van der Waals surface area contributed by atoms with Crippen LogP contribution in [0.2, 0.25) is 0 Å². The zero-order chi connectivity index (χ0) is 15.6. The van der Waals surface area contributed by atoms with Crippen LogP contribution < -0.4 is 10.4 Å². The molecule has 3 aliphatic rings. The van der Waals surface area contributed by atoms with E-state index in [9.17, 15) is 14.7 Å². The van der Waals surface area contributed by atoms with E-state index in [0.717, 1.165) is 6.42 Å². The fourth-order valence-corrected chi connectivity index (χ4v) is 4.16. The van der Waals surface area contributed by atoms with E-state index in [1.54, 1.807) is 13.0 Å². The number of fused-ring (bicyclic) bond motifs is 4. The smallest absolute Gasteiger partial charge is 0.343 e. The molecule has 1 saturated heterocycles. The Morgan fingerprint density at radius 1 is 1.36 bits per heavy atom. The maximum atomic E-state index is 12.4. The number of hydrogen-bond donors (Lipinski definition) is 1. The summed E-state index contributed by atoms with van der Waals surface area (Å²) in [5.74, 6) is -1.63. The first-order chi connectivity index (χ1) is 10.4. The van der Waals surface area contributed by atoms with Crippen molar-refractivity contribution >= 4 is 5.78 Å². The van der Waals surface area contributed by atoms with Crippen molar-refractivity contribution < 1.29 is 23.8 Å². The van der Waals surface area contributed by atoms with Crippen molar-refractivity contribution in [3.63, 3.8) is 0 Å². The Balaban J connectivity index is 1.93. The van der Waals surface area contributed by atoms with Crippen LogP contribution in [0.5, 0.6) is 5.75 Å². The highest BCUT2D eigenvalue weighted by atomic mass is 16.7. The molecule has 1 saturated carbocycles. The predicted molar refractivity (Wildman–Crippen MR) is 74.7 cm³/mol. The average molecular weight is 306 g/mol. The summed E-state index contributed by atoms with van der Waals surface area (Å²) in [4.78, 5) is 24.7. The van der Waals surface area contributed by atoms with E-state index in [0.29, 0.717) is 17.9 Å². The maximum Gasteiger partial charge on any atom is 0.343 e. The summed E-state index contributed by atoms with van der Waals surface area (Å²) in [5, 5.41) is 10.3. The molecule has 3 heterocycles. The zero-order valence-corrected chi connectivity index (χ0v) is 12.5. The number of ketones is 1. The summed E-state index contributed by atoms with van der Waals surface area (Å²) in [5.41, 5.74) is -0.276. The van der Waals surface area contributed by atoms with Crippen LogP contribution in [0.15, 0.2) is 15.3 Å². The number of aryl methyl sites for hydroxylation is 1. The molecule has 2 aliphatic heterocycles. The number of aliphatic hydroxyl groups excluding tert-OH is 1. The summed E-state index contributed by atoms with van der Waals surface area (Å²) in [6.07, 6.45) is 0.455. The van der Waals surface area contributed by atoms with Gasteiger partial charge in [-0.3, -0.25) is 4.79 Å². The molecule has 1 aliphatic carbocycles. The molecule has 0 bridgehead atoms. The van der Waals surface area contributed by atoms with Gasteiger partial charge in [-0.15, -0.1) is 0 Å². The Morgan fingerprint density at radius 2 is 2.14 bits per heavy atom. The summed E-state index contributed by atoms with van der Waals surface area (Å²) < 4.78 is 17.1. The lowest BCUT2D eigenvalue weighted by atomic mass is 9.78. The van der Waals surface area contributed by atoms with Crippen LogP contribution in [0.25, 0.3) is 0 Å². The number of Topliss-reactive ketones (excluding diaryl/α,β-unsaturated/α-hetero) is 1. The molecule has 2 fully saturated rings. The molecule has 1 aromatic rings. The highest BCUT2D eigenvalue weighted by molar-refractivity contribution is 5.87. The first kappa shape index (κ1) is 14.0. The molecule has 6 nitrogen and oxygen atoms in total. The second-order valence-electron chi connectivity index (χ2n) is 6.54.